The summed E-state index contributed by atoms with van der Waals surface area (Å²) < 4.78 is 18.1. The molecule has 0 aliphatic carbocycles. The monoisotopic (exact) mass is 407 g/mol. The smallest absolute Gasteiger partial charge is 0.235 e. The molecule has 0 unspecified atom stereocenters. The Morgan fingerprint density at radius 1 is 0.966 bits per heavy atom. The summed E-state index contributed by atoms with van der Waals surface area (Å²) in [7, 11) is 4.74. The molecule has 0 aliphatic heterocycles. The van der Waals surface area contributed by atoms with Gasteiger partial charge < -0.3 is 19.2 Å². The van der Waals surface area contributed by atoms with E-state index >= 15 is 0 Å². The number of nitrogens with one attached hydrogen (secondary N) is 1. The van der Waals surface area contributed by atoms with Crippen LogP contribution in [-0.2, 0) is 0 Å². The highest BCUT2D eigenvalue weighted by Crippen LogP contribution is 2.41. The number of hydrogen-bond donors (Lipinski definition) is 1. The number of rotatable bonds is 5. The summed E-state index contributed by atoms with van der Waals surface area (Å²) in [5.41, 5.74) is 2.87. The predicted octanol–water partition coefficient (Wildman–Crippen LogP) is 4.03. The quantitative estimate of drug-likeness (QED) is 0.473. The third-order valence-electron chi connectivity index (χ3n) is 4.73. The van der Waals surface area contributed by atoms with Crippen molar-refractivity contribution in [3.8, 4) is 39.2 Å². The number of para-hydroxylation sites is 1. The van der Waals surface area contributed by atoms with Crippen LogP contribution in [0.1, 0.15) is 0 Å². The number of nitrogens with zero attached hydrogens (tertiary/aromatic N) is 4. The van der Waals surface area contributed by atoms with Gasteiger partial charge in [0.25, 0.3) is 0 Å². The van der Waals surface area contributed by atoms with Crippen LogP contribution in [-0.4, -0.2) is 46.1 Å². The highest BCUT2D eigenvalue weighted by molar-refractivity contribution is 7.20. The zero-order valence-corrected chi connectivity index (χ0v) is 16.8. The largest absolute Gasteiger partial charge is 0.493 e. The van der Waals surface area contributed by atoms with Crippen LogP contribution >= 0.6 is 11.3 Å². The second-order valence-corrected chi connectivity index (χ2v) is 7.24. The topological polar surface area (TPSA) is 86.6 Å². The minimum atomic E-state index is 0.525. The molecule has 0 radical (unpaired) electrons. The van der Waals surface area contributed by atoms with Gasteiger partial charge in [-0.25, -0.2) is 0 Å². The normalized spacial score (nSPS) is 11.3. The molecule has 9 heteroatoms. The van der Waals surface area contributed by atoms with Gasteiger partial charge in [-0.05, 0) is 18.2 Å². The Labute approximate surface area is 169 Å². The van der Waals surface area contributed by atoms with Gasteiger partial charge >= 0.3 is 0 Å². The Morgan fingerprint density at radius 3 is 2.45 bits per heavy atom. The van der Waals surface area contributed by atoms with Crippen molar-refractivity contribution in [3.63, 3.8) is 0 Å². The molecule has 8 nitrogen and oxygen atoms in total. The minimum absolute atomic E-state index is 0.525. The Balaban J connectivity index is 1.66. The zero-order chi connectivity index (χ0) is 20.0. The van der Waals surface area contributed by atoms with E-state index in [-0.39, 0.29) is 0 Å². The van der Waals surface area contributed by atoms with Crippen LogP contribution in [0.5, 0.6) is 17.2 Å². The number of fused-ring (bicyclic) bond motifs is 2. The molecule has 2 aromatic carbocycles. The standard InChI is InChI=1S/C20H17N5O3S/c1-26-15-8-11(9-16(27-2)17(15)28-3)18-22-23-20-25(18)24-19(29-20)13-10-21-14-7-5-4-6-12(13)14/h4-10,21H,1-3H3. The third-order valence-corrected chi connectivity index (χ3v) is 5.67. The average Bonchev–Trinajstić information content (AvgIpc) is 3.46. The highest BCUT2D eigenvalue weighted by atomic mass is 32.1. The van der Waals surface area contributed by atoms with Crippen LogP contribution in [0.4, 0.5) is 0 Å². The van der Waals surface area contributed by atoms with E-state index in [1.54, 1.807) is 25.8 Å². The maximum atomic E-state index is 5.46. The van der Waals surface area contributed by atoms with Gasteiger partial charge in [-0.2, -0.15) is 9.61 Å². The zero-order valence-electron chi connectivity index (χ0n) is 16.0. The summed E-state index contributed by atoms with van der Waals surface area (Å²) in [5.74, 6) is 2.22. The number of methoxy groups -OCH3 is 3. The number of hydrogen-bond acceptors (Lipinski definition) is 7. The average molecular weight is 407 g/mol. The van der Waals surface area contributed by atoms with E-state index in [0.717, 1.165) is 27.0 Å². The van der Waals surface area contributed by atoms with Gasteiger partial charge in [0.2, 0.25) is 10.7 Å². The molecular formula is C20H17N5O3S. The number of benzene rings is 2. The molecule has 0 bridgehead atoms. The van der Waals surface area contributed by atoms with Crippen molar-refractivity contribution in [1.29, 1.82) is 0 Å². The van der Waals surface area contributed by atoms with Crippen LogP contribution < -0.4 is 14.2 Å². The Hall–Kier alpha value is -3.59. The Bertz CT molecular complexity index is 1310. The maximum Gasteiger partial charge on any atom is 0.235 e. The van der Waals surface area contributed by atoms with Crippen molar-refractivity contribution in [1.82, 2.24) is 24.8 Å². The van der Waals surface area contributed by atoms with Crippen LogP contribution in [0, 0.1) is 0 Å². The van der Waals surface area contributed by atoms with Crippen LogP contribution in [0.3, 0.4) is 0 Å². The van der Waals surface area contributed by atoms with E-state index in [4.69, 9.17) is 19.3 Å². The molecule has 5 rings (SSSR count). The summed E-state index contributed by atoms with van der Waals surface area (Å²) in [6.07, 6.45) is 1.97. The fourth-order valence-electron chi connectivity index (χ4n) is 3.36. The SMILES string of the molecule is COc1cc(-c2nnc3sc(-c4c[nH]c5ccccc45)nn23)cc(OC)c1OC. The molecule has 0 amide bonds. The van der Waals surface area contributed by atoms with Gasteiger partial charge in [-0.3, -0.25) is 0 Å². The fraction of sp³-hybridized carbons (Fsp3) is 0.150. The second-order valence-electron chi connectivity index (χ2n) is 6.29. The summed E-state index contributed by atoms with van der Waals surface area (Å²) in [6, 6.07) is 11.8. The number of ether oxygens (including phenoxy) is 3. The lowest BCUT2D eigenvalue weighted by atomic mass is 10.1. The summed E-state index contributed by atoms with van der Waals surface area (Å²) in [4.78, 5) is 3.99. The third kappa shape index (κ3) is 2.70. The van der Waals surface area contributed by atoms with Crippen molar-refractivity contribution in [2.24, 2.45) is 0 Å². The van der Waals surface area contributed by atoms with E-state index in [2.05, 4.69) is 21.2 Å². The number of aromatic amines is 1. The minimum Gasteiger partial charge on any atom is -0.493 e. The Kier molecular flexibility index (Phi) is 4.09. The van der Waals surface area contributed by atoms with Gasteiger partial charge in [0.15, 0.2) is 17.3 Å². The first-order valence-corrected chi connectivity index (χ1v) is 9.64. The molecule has 29 heavy (non-hydrogen) atoms. The van der Waals surface area contributed by atoms with E-state index in [1.807, 2.05) is 36.5 Å². The van der Waals surface area contributed by atoms with Gasteiger partial charge in [-0.15, -0.1) is 10.2 Å². The maximum absolute atomic E-state index is 5.46. The molecule has 0 spiro atoms. The van der Waals surface area contributed by atoms with Crippen LogP contribution in [0.25, 0.3) is 37.8 Å². The number of aromatic nitrogens is 5. The first kappa shape index (κ1) is 17.5. The van der Waals surface area contributed by atoms with Crippen molar-refractivity contribution in [2.75, 3.05) is 21.3 Å². The van der Waals surface area contributed by atoms with Gasteiger partial charge in [0, 0.05) is 28.2 Å². The van der Waals surface area contributed by atoms with Crippen LogP contribution in [0.2, 0.25) is 0 Å². The van der Waals surface area contributed by atoms with E-state index in [1.165, 1.54) is 11.3 Å². The highest BCUT2D eigenvalue weighted by Gasteiger charge is 2.20. The van der Waals surface area contributed by atoms with Gasteiger partial charge in [0.05, 0.1) is 21.3 Å². The lowest BCUT2D eigenvalue weighted by Gasteiger charge is -2.13. The molecular weight excluding hydrogens is 390 g/mol. The number of H-pyrrole nitrogens is 1. The van der Waals surface area contributed by atoms with Crippen LogP contribution in [0.15, 0.2) is 42.6 Å². The van der Waals surface area contributed by atoms with Crippen molar-refractivity contribution >= 4 is 27.2 Å². The summed E-state index contributed by atoms with van der Waals surface area (Å²) >= 11 is 1.48. The summed E-state index contributed by atoms with van der Waals surface area (Å²) in [5, 5.41) is 15.4. The molecule has 5 aromatic rings. The molecule has 3 heterocycles. The van der Waals surface area contributed by atoms with Gasteiger partial charge in [0.1, 0.15) is 5.01 Å². The fourth-order valence-corrected chi connectivity index (χ4v) is 4.23. The molecule has 0 aliphatic rings. The molecule has 146 valence electrons. The first-order chi connectivity index (χ1) is 14.2. The molecule has 0 atom stereocenters. The van der Waals surface area contributed by atoms with E-state index in [9.17, 15) is 0 Å². The van der Waals surface area contributed by atoms with Gasteiger partial charge in [-0.1, -0.05) is 29.5 Å². The lowest BCUT2D eigenvalue weighted by molar-refractivity contribution is 0.324. The Morgan fingerprint density at radius 2 is 1.72 bits per heavy atom. The second kappa shape index (κ2) is 6.78. The molecule has 1 N–H and O–H groups in total. The predicted molar refractivity (Wildman–Crippen MR) is 111 cm³/mol. The van der Waals surface area contributed by atoms with Crippen molar-refractivity contribution in [2.45, 2.75) is 0 Å². The summed E-state index contributed by atoms with van der Waals surface area (Å²) in [6.45, 7) is 0. The first-order valence-electron chi connectivity index (χ1n) is 8.82. The van der Waals surface area contributed by atoms with E-state index in [0.29, 0.717) is 28.0 Å². The van der Waals surface area contributed by atoms with Crippen molar-refractivity contribution < 1.29 is 14.2 Å². The lowest BCUT2D eigenvalue weighted by Crippen LogP contribution is -1.97. The molecule has 0 fully saturated rings. The van der Waals surface area contributed by atoms with E-state index < -0.39 is 0 Å². The molecule has 0 saturated carbocycles. The molecule has 0 saturated heterocycles. The van der Waals surface area contributed by atoms with Crippen molar-refractivity contribution in [3.05, 3.63) is 42.6 Å². The molecule has 3 aromatic heterocycles.